The lowest BCUT2D eigenvalue weighted by Gasteiger charge is -2.42. The molecule has 0 aliphatic carbocycles. The lowest BCUT2D eigenvalue weighted by atomic mass is 9.92. The Labute approximate surface area is 85.4 Å². The topological polar surface area (TPSA) is 29.5 Å². The van der Waals surface area contributed by atoms with E-state index in [1.54, 1.807) is 0 Å². The quantitative estimate of drug-likeness (QED) is 0.597. The molecule has 0 aromatic rings. The van der Waals surface area contributed by atoms with Gasteiger partial charge >= 0.3 is 5.97 Å². The van der Waals surface area contributed by atoms with Gasteiger partial charge in [-0.2, -0.15) is 0 Å². The van der Waals surface area contributed by atoms with Crippen molar-refractivity contribution in [2.24, 2.45) is 0 Å². The molecule has 2 unspecified atom stereocenters. The van der Waals surface area contributed by atoms with Gasteiger partial charge in [-0.15, -0.1) is 0 Å². The Morgan fingerprint density at radius 1 is 1.29 bits per heavy atom. The van der Waals surface area contributed by atoms with Crippen LogP contribution in [0.1, 0.15) is 39.0 Å². The zero-order valence-electron chi connectivity index (χ0n) is 8.87. The molecule has 0 bridgehead atoms. The van der Waals surface area contributed by atoms with E-state index in [-0.39, 0.29) is 12.1 Å². The maximum atomic E-state index is 10.8. The van der Waals surface area contributed by atoms with E-state index in [4.69, 9.17) is 4.74 Å². The van der Waals surface area contributed by atoms with Gasteiger partial charge in [0.2, 0.25) is 0 Å². The number of esters is 1. The van der Waals surface area contributed by atoms with Crippen LogP contribution < -0.4 is 0 Å². The van der Waals surface area contributed by atoms with Crippen LogP contribution in [-0.2, 0) is 9.53 Å². The van der Waals surface area contributed by atoms with E-state index in [9.17, 15) is 4.79 Å². The lowest BCUT2D eigenvalue weighted by Crippen LogP contribution is -2.48. The number of carbonyl (C=O) groups is 1. The normalized spacial score (nSPS) is 33.5. The van der Waals surface area contributed by atoms with Gasteiger partial charge < -0.3 is 4.74 Å². The van der Waals surface area contributed by atoms with E-state index in [0.29, 0.717) is 0 Å². The molecule has 2 rings (SSSR count). The van der Waals surface area contributed by atoms with Crippen molar-refractivity contribution in [3.8, 4) is 0 Å². The largest absolute Gasteiger partial charge is 0.461 e. The Balaban J connectivity index is 1.86. The molecule has 0 aromatic carbocycles. The van der Waals surface area contributed by atoms with E-state index in [0.717, 1.165) is 19.0 Å². The van der Waals surface area contributed by atoms with Gasteiger partial charge in [0.1, 0.15) is 6.10 Å². The smallest absolute Gasteiger partial charge is 0.302 e. The summed E-state index contributed by atoms with van der Waals surface area (Å²) >= 11 is 0. The van der Waals surface area contributed by atoms with Crippen molar-refractivity contribution in [3.63, 3.8) is 0 Å². The SMILES string of the molecule is CC(=O)OC1CCC2CCCCN2C1. The molecular weight excluding hydrogens is 178 g/mol. The molecule has 3 nitrogen and oxygen atoms in total. The first-order valence-electron chi connectivity index (χ1n) is 5.67. The molecule has 0 N–H and O–H groups in total. The van der Waals surface area contributed by atoms with Crippen molar-refractivity contribution < 1.29 is 9.53 Å². The van der Waals surface area contributed by atoms with Gasteiger partial charge in [0.25, 0.3) is 0 Å². The summed E-state index contributed by atoms with van der Waals surface area (Å²) < 4.78 is 5.26. The Morgan fingerprint density at radius 2 is 2.14 bits per heavy atom. The summed E-state index contributed by atoms with van der Waals surface area (Å²) in [6.07, 6.45) is 6.44. The molecule has 0 radical (unpaired) electrons. The zero-order valence-corrected chi connectivity index (χ0v) is 8.87. The van der Waals surface area contributed by atoms with Gasteiger partial charge in [-0.05, 0) is 32.2 Å². The average molecular weight is 197 g/mol. The molecule has 2 saturated heterocycles. The van der Waals surface area contributed by atoms with Crippen LogP contribution in [0.3, 0.4) is 0 Å². The fourth-order valence-electron chi connectivity index (χ4n) is 2.69. The van der Waals surface area contributed by atoms with Crippen LogP contribution in [0.5, 0.6) is 0 Å². The maximum absolute atomic E-state index is 10.8. The predicted octanol–water partition coefficient (Wildman–Crippen LogP) is 1.57. The molecule has 80 valence electrons. The minimum absolute atomic E-state index is 0.134. The van der Waals surface area contributed by atoms with Gasteiger partial charge in [0, 0.05) is 19.5 Å². The van der Waals surface area contributed by atoms with E-state index in [1.807, 2.05) is 0 Å². The van der Waals surface area contributed by atoms with Gasteiger partial charge in [-0.3, -0.25) is 9.69 Å². The highest BCUT2D eigenvalue weighted by atomic mass is 16.5. The average Bonchev–Trinajstić information content (AvgIpc) is 2.17. The fourth-order valence-corrected chi connectivity index (χ4v) is 2.69. The first-order valence-corrected chi connectivity index (χ1v) is 5.67. The second-order valence-corrected chi connectivity index (χ2v) is 4.45. The minimum Gasteiger partial charge on any atom is -0.461 e. The third-order valence-corrected chi connectivity index (χ3v) is 3.34. The molecular formula is C11H19NO2. The van der Waals surface area contributed by atoms with E-state index < -0.39 is 0 Å². The molecule has 0 aromatic heterocycles. The summed E-state index contributed by atoms with van der Waals surface area (Å²) in [6, 6.07) is 0.774. The molecule has 0 amide bonds. The Bertz CT molecular complexity index is 217. The summed E-state index contributed by atoms with van der Waals surface area (Å²) in [6.45, 7) is 3.66. The number of rotatable bonds is 1. The van der Waals surface area contributed by atoms with Crippen LogP contribution in [-0.4, -0.2) is 36.1 Å². The van der Waals surface area contributed by atoms with Gasteiger partial charge in [0.15, 0.2) is 0 Å². The van der Waals surface area contributed by atoms with Crippen LogP contribution >= 0.6 is 0 Å². The third kappa shape index (κ3) is 2.27. The second-order valence-electron chi connectivity index (χ2n) is 4.45. The van der Waals surface area contributed by atoms with E-state index in [1.165, 1.54) is 39.2 Å². The van der Waals surface area contributed by atoms with Gasteiger partial charge in [0.05, 0.1) is 0 Å². The number of nitrogens with zero attached hydrogens (tertiary/aromatic N) is 1. The molecule has 2 aliphatic rings. The number of ether oxygens (including phenoxy) is 1. The van der Waals surface area contributed by atoms with Crippen molar-refractivity contribution >= 4 is 5.97 Å². The number of carbonyl (C=O) groups excluding carboxylic acids is 1. The molecule has 2 fully saturated rings. The summed E-state index contributed by atoms with van der Waals surface area (Å²) in [7, 11) is 0. The Kier molecular flexibility index (Phi) is 3.06. The van der Waals surface area contributed by atoms with Crippen molar-refractivity contribution in [2.75, 3.05) is 13.1 Å². The molecule has 2 atom stereocenters. The summed E-state index contributed by atoms with van der Waals surface area (Å²) in [5.41, 5.74) is 0. The molecule has 3 heteroatoms. The summed E-state index contributed by atoms with van der Waals surface area (Å²) in [5.74, 6) is -0.134. The monoisotopic (exact) mass is 197 g/mol. The third-order valence-electron chi connectivity index (χ3n) is 3.34. The molecule has 0 saturated carbocycles. The Hall–Kier alpha value is -0.570. The fraction of sp³-hybridized carbons (Fsp3) is 0.909. The molecule has 0 spiro atoms. The standard InChI is InChI=1S/C11H19NO2/c1-9(13)14-11-6-5-10-4-2-3-7-12(10)8-11/h10-11H,2-8H2,1H3. The first-order chi connectivity index (χ1) is 6.75. The lowest BCUT2D eigenvalue weighted by molar-refractivity contribution is -0.150. The number of hydrogen-bond acceptors (Lipinski definition) is 3. The van der Waals surface area contributed by atoms with Gasteiger partial charge in [-0.1, -0.05) is 6.42 Å². The highest BCUT2D eigenvalue weighted by Gasteiger charge is 2.30. The number of hydrogen-bond donors (Lipinski definition) is 0. The van der Waals surface area contributed by atoms with Gasteiger partial charge in [-0.25, -0.2) is 0 Å². The highest BCUT2D eigenvalue weighted by molar-refractivity contribution is 5.66. The summed E-state index contributed by atoms with van der Waals surface area (Å²) in [4.78, 5) is 13.3. The predicted molar refractivity (Wildman–Crippen MR) is 54.0 cm³/mol. The maximum Gasteiger partial charge on any atom is 0.302 e. The van der Waals surface area contributed by atoms with Crippen LogP contribution in [0.15, 0.2) is 0 Å². The number of fused-ring (bicyclic) bond motifs is 1. The van der Waals surface area contributed by atoms with Crippen LogP contribution in [0.2, 0.25) is 0 Å². The van der Waals surface area contributed by atoms with Crippen LogP contribution in [0.25, 0.3) is 0 Å². The minimum atomic E-state index is -0.134. The first kappa shape index (κ1) is 9.97. The zero-order chi connectivity index (χ0) is 9.97. The number of piperidine rings is 2. The van der Waals surface area contributed by atoms with Crippen LogP contribution in [0, 0.1) is 0 Å². The van der Waals surface area contributed by atoms with E-state index in [2.05, 4.69) is 4.90 Å². The Morgan fingerprint density at radius 3 is 2.93 bits per heavy atom. The van der Waals surface area contributed by atoms with E-state index >= 15 is 0 Å². The van der Waals surface area contributed by atoms with Crippen LogP contribution in [0.4, 0.5) is 0 Å². The molecule has 2 aliphatic heterocycles. The molecule has 2 heterocycles. The highest BCUT2D eigenvalue weighted by Crippen LogP contribution is 2.27. The van der Waals surface area contributed by atoms with Crippen molar-refractivity contribution in [1.29, 1.82) is 0 Å². The van der Waals surface area contributed by atoms with Crippen molar-refractivity contribution in [3.05, 3.63) is 0 Å². The second kappa shape index (κ2) is 4.30. The summed E-state index contributed by atoms with van der Waals surface area (Å²) in [5, 5.41) is 0. The van der Waals surface area contributed by atoms with Crippen molar-refractivity contribution in [2.45, 2.75) is 51.2 Å². The van der Waals surface area contributed by atoms with Crippen molar-refractivity contribution in [1.82, 2.24) is 4.90 Å². The molecule has 14 heavy (non-hydrogen) atoms.